The summed E-state index contributed by atoms with van der Waals surface area (Å²) in [6.07, 6.45) is 1.09. The van der Waals surface area contributed by atoms with E-state index in [0.717, 1.165) is 15.9 Å². The lowest BCUT2D eigenvalue weighted by atomic mass is 10.3. The summed E-state index contributed by atoms with van der Waals surface area (Å²) in [6, 6.07) is 22.4. The van der Waals surface area contributed by atoms with Crippen LogP contribution in [0.25, 0.3) is 22.1 Å². The first-order chi connectivity index (χ1) is 15.1. The Morgan fingerprint density at radius 2 is 1.71 bits per heavy atom. The molecule has 0 saturated heterocycles. The van der Waals surface area contributed by atoms with Gasteiger partial charge >= 0.3 is 6.09 Å². The summed E-state index contributed by atoms with van der Waals surface area (Å²) in [4.78, 5) is 26.8. The molecule has 2 heterocycles. The van der Waals surface area contributed by atoms with E-state index in [2.05, 4.69) is 30.0 Å². The third kappa shape index (κ3) is 4.78. The topological polar surface area (TPSA) is 113 Å². The summed E-state index contributed by atoms with van der Waals surface area (Å²) in [5.74, 6) is 0.282. The zero-order valence-corrected chi connectivity index (χ0v) is 17.3. The molecule has 0 bridgehead atoms. The quantitative estimate of drug-likeness (QED) is 0.389. The Morgan fingerprint density at radius 1 is 0.935 bits per heavy atom. The molecule has 0 aliphatic carbocycles. The summed E-state index contributed by atoms with van der Waals surface area (Å²) in [6.45, 7) is 0. The molecule has 3 aromatic carbocycles. The highest BCUT2D eigenvalue weighted by Gasteiger charge is 2.11. The van der Waals surface area contributed by atoms with Gasteiger partial charge < -0.3 is 14.7 Å². The van der Waals surface area contributed by atoms with E-state index in [4.69, 9.17) is 0 Å². The third-order valence-corrected chi connectivity index (χ3v) is 5.74. The maximum Gasteiger partial charge on any atom is 0.413 e. The van der Waals surface area contributed by atoms with E-state index in [9.17, 15) is 9.00 Å². The second kappa shape index (κ2) is 9.23. The molecule has 9 heteroatoms. The minimum Gasteiger partial charge on any atom is -0.453 e. The minimum absolute atomic E-state index is 0.282. The first kappa shape index (κ1) is 20.3. The van der Waals surface area contributed by atoms with Gasteiger partial charge in [-0.2, -0.15) is 0 Å². The van der Waals surface area contributed by atoms with E-state index in [1.54, 1.807) is 24.5 Å². The van der Waals surface area contributed by atoms with Gasteiger partial charge in [0.25, 0.3) is 0 Å². The second-order valence-electron chi connectivity index (χ2n) is 6.38. The van der Waals surface area contributed by atoms with Crippen molar-refractivity contribution in [2.75, 3.05) is 12.4 Å². The van der Waals surface area contributed by atoms with Crippen LogP contribution in [0, 0.1) is 0 Å². The number of methoxy groups -OCH3 is 1. The molecule has 0 aliphatic heterocycles. The van der Waals surface area contributed by atoms with Crippen molar-refractivity contribution in [3.8, 4) is 0 Å². The standard InChI is InChI=1S/C15H13N3O3S.C7H6N2/c1-21-15(19)18-14-16-12-8-7-11(9-13(12)17-14)22(20)10-5-3-2-4-6-10;1-2-4-7-6(3-1)8-5-9-7/h2-9H,1H3,(H2,16,17,18,19);1-5H,(H,8,9). The van der Waals surface area contributed by atoms with Crippen LogP contribution in [0.5, 0.6) is 0 Å². The number of ether oxygens (including phenoxy) is 1. The molecule has 1 atom stereocenters. The summed E-state index contributed by atoms with van der Waals surface area (Å²) in [5.41, 5.74) is 3.48. The fraction of sp³-hybridized carbons (Fsp3) is 0.0455. The monoisotopic (exact) mass is 433 g/mol. The largest absolute Gasteiger partial charge is 0.453 e. The van der Waals surface area contributed by atoms with Gasteiger partial charge in [-0.25, -0.2) is 19.0 Å². The number of hydrogen-bond acceptors (Lipinski definition) is 5. The normalized spacial score (nSPS) is 11.5. The Balaban J connectivity index is 0.000000212. The first-order valence-corrected chi connectivity index (χ1v) is 10.5. The Kier molecular flexibility index (Phi) is 6.04. The average molecular weight is 433 g/mol. The second-order valence-corrected chi connectivity index (χ2v) is 7.86. The van der Waals surface area contributed by atoms with E-state index >= 15 is 0 Å². The molecule has 31 heavy (non-hydrogen) atoms. The molecule has 0 aliphatic rings. The van der Waals surface area contributed by atoms with Crippen LogP contribution < -0.4 is 5.32 Å². The van der Waals surface area contributed by atoms with Crippen LogP contribution in [0.4, 0.5) is 10.7 Å². The number of benzene rings is 3. The zero-order valence-electron chi connectivity index (χ0n) is 16.5. The van der Waals surface area contributed by atoms with Gasteiger partial charge in [0.15, 0.2) is 0 Å². The molecule has 5 aromatic rings. The van der Waals surface area contributed by atoms with Crippen LogP contribution in [0.2, 0.25) is 0 Å². The fourth-order valence-corrected chi connectivity index (χ4v) is 3.96. The number of rotatable bonds is 3. The van der Waals surface area contributed by atoms with Crippen LogP contribution in [0.1, 0.15) is 0 Å². The molecule has 156 valence electrons. The van der Waals surface area contributed by atoms with Crippen molar-refractivity contribution in [2.24, 2.45) is 0 Å². The zero-order chi connectivity index (χ0) is 21.6. The van der Waals surface area contributed by atoms with Crippen LogP contribution in [0.3, 0.4) is 0 Å². The van der Waals surface area contributed by atoms with Crippen molar-refractivity contribution in [3.05, 3.63) is 79.1 Å². The highest BCUT2D eigenvalue weighted by atomic mass is 32.2. The number of aromatic amines is 2. The van der Waals surface area contributed by atoms with E-state index in [1.807, 2.05) is 54.6 Å². The molecular weight excluding hydrogens is 414 g/mol. The van der Waals surface area contributed by atoms with Crippen molar-refractivity contribution in [2.45, 2.75) is 9.79 Å². The van der Waals surface area contributed by atoms with Gasteiger partial charge in [0.1, 0.15) is 0 Å². The molecule has 0 saturated carbocycles. The van der Waals surface area contributed by atoms with E-state index in [1.165, 1.54) is 7.11 Å². The van der Waals surface area contributed by atoms with Crippen LogP contribution >= 0.6 is 0 Å². The predicted octanol–water partition coefficient (Wildman–Crippen LogP) is 4.47. The molecule has 1 unspecified atom stereocenters. The molecule has 0 spiro atoms. The summed E-state index contributed by atoms with van der Waals surface area (Å²) >= 11 is 0. The number of fused-ring (bicyclic) bond motifs is 2. The van der Waals surface area contributed by atoms with Gasteiger partial charge in [-0.3, -0.25) is 5.32 Å². The SMILES string of the molecule is COC(=O)Nc1nc2ccc(S(=O)c3ccccc3)cc2[nH]1.c1ccc2[nH]cnc2c1. The Hall–Kier alpha value is -3.98. The maximum absolute atomic E-state index is 12.5. The summed E-state index contributed by atoms with van der Waals surface area (Å²) in [5, 5.41) is 2.46. The average Bonchev–Trinajstić information content (AvgIpc) is 3.45. The fourth-order valence-electron chi connectivity index (χ4n) is 2.87. The van der Waals surface area contributed by atoms with Crippen molar-refractivity contribution < 1.29 is 13.7 Å². The summed E-state index contributed by atoms with van der Waals surface area (Å²) in [7, 11) is 0.0112. The highest BCUT2D eigenvalue weighted by molar-refractivity contribution is 7.85. The minimum atomic E-state index is -1.27. The van der Waals surface area contributed by atoms with Crippen LogP contribution in [0.15, 0.2) is 88.9 Å². The van der Waals surface area contributed by atoms with E-state index < -0.39 is 16.9 Å². The van der Waals surface area contributed by atoms with Crippen molar-refractivity contribution in [1.29, 1.82) is 0 Å². The number of hydrogen-bond donors (Lipinski definition) is 3. The predicted molar refractivity (Wildman–Crippen MR) is 119 cm³/mol. The number of imidazole rings is 2. The van der Waals surface area contributed by atoms with Crippen molar-refractivity contribution >= 4 is 44.9 Å². The van der Waals surface area contributed by atoms with Crippen LogP contribution in [-0.4, -0.2) is 37.3 Å². The molecular formula is C22H19N5O3S. The Morgan fingerprint density at radius 3 is 2.48 bits per heavy atom. The molecule has 3 N–H and O–H groups in total. The number of carbonyl (C=O) groups excluding carboxylic acids is 1. The van der Waals surface area contributed by atoms with Gasteiger partial charge in [-0.15, -0.1) is 0 Å². The number of nitrogens with one attached hydrogen (secondary N) is 3. The lowest BCUT2D eigenvalue weighted by molar-refractivity contribution is 0.186. The maximum atomic E-state index is 12.5. The van der Waals surface area contributed by atoms with Gasteiger partial charge in [0, 0.05) is 9.79 Å². The molecule has 2 aromatic heterocycles. The van der Waals surface area contributed by atoms with Crippen molar-refractivity contribution in [1.82, 2.24) is 19.9 Å². The molecule has 5 rings (SSSR count). The lowest BCUT2D eigenvalue weighted by Crippen LogP contribution is -2.11. The number of para-hydroxylation sites is 2. The number of aromatic nitrogens is 4. The number of amides is 1. The lowest BCUT2D eigenvalue weighted by Gasteiger charge is -2.01. The van der Waals surface area contributed by atoms with Gasteiger partial charge in [0.05, 0.1) is 46.3 Å². The summed E-state index contributed by atoms with van der Waals surface area (Å²) < 4.78 is 17.0. The third-order valence-electron chi connectivity index (χ3n) is 4.36. The first-order valence-electron chi connectivity index (χ1n) is 9.34. The number of H-pyrrole nitrogens is 2. The van der Waals surface area contributed by atoms with Gasteiger partial charge in [-0.1, -0.05) is 30.3 Å². The highest BCUT2D eigenvalue weighted by Crippen LogP contribution is 2.21. The smallest absolute Gasteiger partial charge is 0.413 e. The molecule has 0 fully saturated rings. The van der Waals surface area contributed by atoms with Gasteiger partial charge in [0.2, 0.25) is 5.95 Å². The Bertz CT molecular complexity index is 1320. The van der Waals surface area contributed by atoms with Gasteiger partial charge in [-0.05, 0) is 42.5 Å². The molecule has 1 amide bonds. The molecule has 0 radical (unpaired) electrons. The number of anilines is 1. The van der Waals surface area contributed by atoms with E-state index in [0.29, 0.717) is 15.9 Å². The number of carbonyl (C=O) groups is 1. The Labute approximate surface area is 180 Å². The van der Waals surface area contributed by atoms with E-state index in [-0.39, 0.29) is 5.95 Å². The number of nitrogens with zero attached hydrogens (tertiary/aromatic N) is 2. The molecule has 8 nitrogen and oxygen atoms in total. The van der Waals surface area contributed by atoms with Crippen LogP contribution in [-0.2, 0) is 15.5 Å². The van der Waals surface area contributed by atoms with Crippen molar-refractivity contribution in [3.63, 3.8) is 0 Å².